The molecule has 0 aliphatic carbocycles. The van der Waals surface area contributed by atoms with E-state index in [-0.39, 0.29) is 42.6 Å². The van der Waals surface area contributed by atoms with Gasteiger partial charge in [0.15, 0.2) is 11.6 Å². The monoisotopic (exact) mass is 640 g/mol. The fourth-order valence-electron chi connectivity index (χ4n) is 2.94. The number of hydrogen-bond donors (Lipinski definition) is 2. The Morgan fingerprint density at radius 3 is 2.16 bits per heavy atom. The number of nitrogens with zero attached hydrogens (tertiary/aromatic N) is 2. The Kier molecular flexibility index (Phi) is 8.10. The lowest BCUT2D eigenvalue weighted by molar-refractivity contribution is 0.275. The van der Waals surface area contributed by atoms with E-state index >= 15 is 0 Å². The molecular weight excluding hydrogens is 624 g/mol. The Bertz CT molecular complexity index is 1230. The summed E-state index contributed by atoms with van der Waals surface area (Å²) in [6, 6.07) is 6.69. The third-order valence-electron chi connectivity index (χ3n) is 4.59. The van der Waals surface area contributed by atoms with E-state index in [0.717, 1.165) is 24.3 Å². The fourth-order valence-corrected chi connectivity index (χ4v) is 6.34. The molecule has 32 heavy (non-hydrogen) atoms. The van der Waals surface area contributed by atoms with Crippen molar-refractivity contribution in [1.29, 1.82) is 0 Å². The molecule has 176 valence electrons. The molecule has 0 bridgehead atoms. The Labute approximate surface area is 208 Å². The quantitative estimate of drug-likeness (QED) is 0.355. The van der Waals surface area contributed by atoms with Gasteiger partial charge in [0, 0.05) is 29.7 Å². The van der Waals surface area contributed by atoms with E-state index < -0.39 is 42.8 Å². The average Bonchev–Trinajstić information content (AvgIpc) is 2.75. The van der Waals surface area contributed by atoms with Gasteiger partial charge in [-0.3, -0.25) is 4.72 Å². The minimum absolute atomic E-state index is 0.0862. The zero-order valence-corrected chi connectivity index (χ0v) is 21.5. The van der Waals surface area contributed by atoms with Crippen molar-refractivity contribution in [3.63, 3.8) is 0 Å². The summed E-state index contributed by atoms with van der Waals surface area (Å²) in [5.41, 5.74) is -0.439. The standard InChI is InChI=1S/C17H17Cl2F2IN4O4S2/c18-10-31(27,28)25-5-7-26(8-6-25)32(29,30)24-15-4-2-13(20)16(21)17(15)23-14-3-1-11(22)9-12(14)19/h1-4,9,23-24H,5-8,10H2. The van der Waals surface area contributed by atoms with Gasteiger partial charge in [-0.15, -0.1) is 11.6 Å². The van der Waals surface area contributed by atoms with Crippen LogP contribution in [-0.2, 0) is 20.2 Å². The van der Waals surface area contributed by atoms with Gasteiger partial charge < -0.3 is 5.32 Å². The van der Waals surface area contributed by atoms with E-state index in [9.17, 15) is 25.6 Å². The van der Waals surface area contributed by atoms with Crippen LogP contribution < -0.4 is 10.0 Å². The third kappa shape index (κ3) is 5.74. The Morgan fingerprint density at radius 2 is 1.56 bits per heavy atom. The predicted molar refractivity (Wildman–Crippen MR) is 129 cm³/mol. The van der Waals surface area contributed by atoms with Gasteiger partial charge >= 0.3 is 10.2 Å². The Balaban J connectivity index is 1.85. The molecule has 8 nitrogen and oxygen atoms in total. The summed E-state index contributed by atoms with van der Waals surface area (Å²) in [5.74, 6) is -2.48. The summed E-state index contributed by atoms with van der Waals surface area (Å²) in [6.07, 6.45) is 0. The molecule has 1 heterocycles. The molecule has 0 atom stereocenters. The lowest BCUT2D eigenvalue weighted by Crippen LogP contribution is -2.52. The van der Waals surface area contributed by atoms with E-state index in [2.05, 4.69) is 10.0 Å². The molecule has 1 aliphatic rings. The molecule has 1 fully saturated rings. The molecule has 1 saturated heterocycles. The number of hydrogen-bond acceptors (Lipinski definition) is 5. The fraction of sp³-hybridized carbons (Fsp3) is 0.294. The number of sulfonamides is 1. The van der Waals surface area contributed by atoms with Crippen LogP contribution in [-0.4, -0.2) is 56.8 Å². The maximum absolute atomic E-state index is 14.6. The Hall–Kier alpha value is -0.970. The molecule has 2 aromatic carbocycles. The first-order valence-electron chi connectivity index (χ1n) is 8.96. The molecule has 0 amide bonds. The van der Waals surface area contributed by atoms with Crippen molar-refractivity contribution in [2.75, 3.05) is 41.4 Å². The predicted octanol–water partition coefficient (Wildman–Crippen LogP) is 3.77. The van der Waals surface area contributed by atoms with Crippen LogP contribution in [0.3, 0.4) is 0 Å². The largest absolute Gasteiger partial charge is 0.350 e. The van der Waals surface area contributed by atoms with Crippen LogP contribution in [0.5, 0.6) is 0 Å². The normalized spacial score (nSPS) is 16.2. The molecule has 0 saturated carbocycles. The lowest BCUT2D eigenvalue weighted by atomic mass is 10.2. The van der Waals surface area contributed by atoms with Crippen molar-refractivity contribution in [3.05, 3.63) is 50.6 Å². The highest BCUT2D eigenvalue weighted by molar-refractivity contribution is 14.1. The minimum Gasteiger partial charge on any atom is -0.350 e. The summed E-state index contributed by atoms with van der Waals surface area (Å²) in [7, 11) is -7.87. The van der Waals surface area contributed by atoms with Gasteiger partial charge in [-0.1, -0.05) is 11.6 Å². The number of halogens is 5. The molecule has 1 aliphatic heterocycles. The van der Waals surface area contributed by atoms with Gasteiger partial charge in [0.2, 0.25) is 10.0 Å². The minimum atomic E-state index is -4.21. The van der Waals surface area contributed by atoms with Gasteiger partial charge in [-0.05, 0) is 52.9 Å². The van der Waals surface area contributed by atoms with Gasteiger partial charge in [-0.25, -0.2) is 17.2 Å². The van der Waals surface area contributed by atoms with Crippen LogP contribution in [0.25, 0.3) is 0 Å². The van der Waals surface area contributed by atoms with Gasteiger partial charge in [0.1, 0.15) is 10.9 Å². The highest BCUT2D eigenvalue weighted by atomic mass is 127. The third-order valence-corrected chi connectivity index (χ3v) is 9.35. The first kappa shape index (κ1) is 25.6. The van der Waals surface area contributed by atoms with Crippen LogP contribution >= 0.6 is 45.8 Å². The van der Waals surface area contributed by atoms with Crippen molar-refractivity contribution < 1.29 is 25.6 Å². The smallest absolute Gasteiger partial charge is 0.301 e. The van der Waals surface area contributed by atoms with Gasteiger partial charge in [0.25, 0.3) is 0 Å². The molecule has 0 aromatic heterocycles. The van der Waals surface area contributed by atoms with E-state index in [1.54, 1.807) is 18.2 Å². The molecule has 0 unspecified atom stereocenters. The molecule has 2 aromatic rings. The first-order chi connectivity index (χ1) is 14.9. The lowest BCUT2D eigenvalue weighted by Gasteiger charge is -2.33. The summed E-state index contributed by atoms with van der Waals surface area (Å²) < 4.78 is 83.0. The highest BCUT2D eigenvalue weighted by Gasteiger charge is 2.32. The average molecular weight is 641 g/mol. The SMILES string of the molecule is O=S(=O)(CCl)N1CCN(S(=O)(=O)Nc2ccc(F)c(F)c2Nc2ccc(I)cc2Cl)CC1. The summed E-state index contributed by atoms with van der Waals surface area (Å²) in [5, 5.41) is 2.26. The number of anilines is 3. The summed E-state index contributed by atoms with van der Waals surface area (Å²) in [6.45, 7) is -0.449. The number of piperazine rings is 1. The summed E-state index contributed by atoms with van der Waals surface area (Å²) >= 11 is 13.6. The Morgan fingerprint density at radius 1 is 0.969 bits per heavy atom. The number of alkyl halides is 1. The van der Waals surface area contributed by atoms with Crippen molar-refractivity contribution in [1.82, 2.24) is 8.61 Å². The molecule has 3 rings (SSSR count). The zero-order valence-electron chi connectivity index (χ0n) is 16.2. The highest BCUT2D eigenvalue weighted by Crippen LogP contribution is 2.34. The number of nitrogens with one attached hydrogen (secondary N) is 2. The van der Waals surface area contributed by atoms with Crippen molar-refractivity contribution in [3.8, 4) is 0 Å². The first-order valence-corrected chi connectivity index (χ1v) is 14.0. The van der Waals surface area contributed by atoms with Crippen molar-refractivity contribution in [2.24, 2.45) is 0 Å². The number of benzene rings is 2. The van der Waals surface area contributed by atoms with Crippen LogP contribution in [0.4, 0.5) is 25.8 Å². The van der Waals surface area contributed by atoms with Crippen molar-refractivity contribution in [2.45, 2.75) is 0 Å². The molecule has 2 N–H and O–H groups in total. The van der Waals surface area contributed by atoms with E-state index in [4.69, 9.17) is 23.2 Å². The van der Waals surface area contributed by atoms with Crippen LogP contribution in [0.1, 0.15) is 0 Å². The topological polar surface area (TPSA) is 98.8 Å². The van der Waals surface area contributed by atoms with Gasteiger partial charge in [0.05, 0.1) is 16.4 Å². The molecular formula is C17H17Cl2F2IN4O4S2. The summed E-state index contributed by atoms with van der Waals surface area (Å²) in [4.78, 5) is 0. The zero-order chi connectivity index (χ0) is 23.7. The second-order valence-electron chi connectivity index (χ2n) is 6.66. The van der Waals surface area contributed by atoms with Crippen LogP contribution in [0.15, 0.2) is 30.3 Å². The number of rotatable bonds is 7. The second-order valence-corrected chi connectivity index (χ2v) is 12.5. The van der Waals surface area contributed by atoms with Crippen LogP contribution in [0.2, 0.25) is 5.02 Å². The molecule has 0 radical (unpaired) electrons. The van der Waals surface area contributed by atoms with Crippen molar-refractivity contribution >= 4 is 83.1 Å². The van der Waals surface area contributed by atoms with E-state index in [0.29, 0.717) is 0 Å². The van der Waals surface area contributed by atoms with Crippen LogP contribution in [0, 0.1) is 15.2 Å². The molecule has 0 spiro atoms. The van der Waals surface area contributed by atoms with E-state index in [1.165, 1.54) is 0 Å². The second kappa shape index (κ2) is 10.1. The molecule has 15 heteroatoms. The maximum atomic E-state index is 14.6. The maximum Gasteiger partial charge on any atom is 0.301 e. The van der Waals surface area contributed by atoms with E-state index in [1.807, 2.05) is 22.6 Å². The van der Waals surface area contributed by atoms with Gasteiger partial charge in [-0.2, -0.15) is 17.0 Å².